The van der Waals surface area contributed by atoms with E-state index in [0.717, 1.165) is 32.5 Å². The van der Waals surface area contributed by atoms with Gasteiger partial charge in [0, 0.05) is 33.8 Å². The first kappa shape index (κ1) is 15.4. The lowest BCUT2D eigenvalue weighted by Gasteiger charge is -2.34. The molecule has 1 unspecified atom stereocenters. The fourth-order valence-electron chi connectivity index (χ4n) is 2.59. The average Bonchev–Trinajstić information content (AvgIpc) is 2.34. The Labute approximate surface area is 111 Å². The van der Waals surface area contributed by atoms with Gasteiger partial charge in [0.1, 0.15) is 0 Å². The molecule has 0 bridgehead atoms. The molecule has 0 aromatic heterocycles. The Morgan fingerprint density at radius 1 is 1.50 bits per heavy atom. The van der Waals surface area contributed by atoms with Gasteiger partial charge < -0.3 is 14.5 Å². The summed E-state index contributed by atoms with van der Waals surface area (Å²) in [5.74, 6) is 1.13. The van der Waals surface area contributed by atoms with Crippen LogP contribution in [-0.2, 0) is 9.53 Å². The Morgan fingerprint density at radius 3 is 2.83 bits per heavy atom. The minimum atomic E-state index is 0.180. The fourth-order valence-corrected chi connectivity index (χ4v) is 2.59. The highest BCUT2D eigenvalue weighted by Gasteiger charge is 2.27. The van der Waals surface area contributed by atoms with Crippen molar-refractivity contribution in [2.75, 3.05) is 46.9 Å². The van der Waals surface area contributed by atoms with Crippen LogP contribution in [0.15, 0.2) is 0 Å². The van der Waals surface area contributed by atoms with Gasteiger partial charge in [-0.2, -0.15) is 0 Å². The van der Waals surface area contributed by atoms with E-state index in [2.05, 4.69) is 18.7 Å². The largest absolute Gasteiger partial charge is 0.383 e. The lowest BCUT2D eigenvalue weighted by molar-refractivity contribution is -0.136. The number of carbonyl (C=O) groups excluding carboxylic acids is 1. The molecule has 1 atom stereocenters. The van der Waals surface area contributed by atoms with Crippen LogP contribution in [0.4, 0.5) is 0 Å². The SMILES string of the molecule is COCCN(C)C(=O)C1CCCN(CC(C)C)C1. The lowest BCUT2D eigenvalue weighted by atomic mass is 9.96. The number of nitrogens with zero attached hydrogens (tertiary/aromatic N) is 2. The highest BCUT2D eigenvalue weighted by atomic mass is 16.5. The first-order chi connectivity index (χ1) is 8.54. The molecule has 1 aliphatic rings. The second-order valence-electron chi connectivity index (χ2n) is 5.75. The summed E-state index contributed by atoms with van der Waals surface area (Å²) in [7, 11) is 3.55. The van der Waals surface area contributed by atoms with Gasteiger partial charge >= 0.3 is 0 Å². The number of piperidine rings is 1. The molecular formula is C14H28N2O2. The van der Waals surface area contributed by atoms with E-state index >= 15 is 0 Å². The van der Waals surface area contributed by atoms with Gasteiger partial charge in [0.2, 0.25) is 5.91 Å². The van der Waals surface area contributed by atoms with Crippen molar-refractivity contribution in [2.45, 2.75) is 26.7 Å². The summed E-state index contributed by atoms with van der Waals surface area (Å²) in [6.07, 6.45) is 2.17. The number of hydrogen-bond donors (Lipinski definition) is 0. The van der Waals surface area contributed by atoms with Crippen molar-refractivity contribution in [3.8, 4) is 0 Å². The van der Waals surface area contributed by atoms with Gasteiger partial charge in [-0.15, -0.1) is 0 Å². The number of carbonyl (C=O) groups is 1. The molecule has 0 aromatic carbocycles. The number of hydrogen-bond acceptors (Lipinski definition) is 3. The van der Waals surface area contributed by atoms with Crippen molar-refractivity contribution in [1.29, 1.82) is 0 Å². The Morgan fingerprint density at radius 2 is 2.22 bits per heavy atom. The van der Waals surface area contributed by atoms with E-state index in [1.54, 1.807) is 7.11 Å². The molecule has 106 valence electrons. The summed E-state index contributed by atoms with van der Waals surface area (Å²) in [5.41, 5.74) is 0. The molecule has 0 aliphatic carbocycles. The summed E-state index contributed by atoms with van der Waals surface area (Å²) in [5, 5.41) is 0. The van der Waals surface area contributed by atoms with Crippen LogP contribution in [0.3, 0.4) is 0 Å². The topological polar surface area (TPSA) is 32.8 Å². The van der Waals surface area contributed by atoms with Crippen molar-refractivity contribution in [3.63, 3.8) is 0 Å². The van der Waals surface area contributed by atoms with E-state index in [9.17, 15) is 4.79 Å². The average molecular weight is 256 g/mol. The Balaban J connectivity index is 2.42. The van der Waals surface area contributed by atoms with E-state index < -0.39 is 0 Å². The van der Waals surface area contributed by atoms with Gasteiger partial charge in [-0.1, -0.05) is 13.8 Å². The van der Waals surface area contributed by atoms with Crippen LogP contribution in [0, 0.1) is 11.8 Å². The number of amides is 1. The number of likely N-dealkylation sites (N-methyl/N-ethyl adjacent to an activating group) is 1. The molecule has 18 heavy (non-hydrogen) atoms. The molecule has 1 saturated heterocycles. The van der Waals surface area contributed by atoms with Crippen LogP contribution in [0.25, 0.3) is 0 Å². The van der Waals surface area contributed by atoms with Crippen LogP contribution >= 0.6 is 0 Å². The molecule has 4 nitrogen and oxygen atoms in total. The minimum absolute atomic E-state index is 0.180. The molecule has 1 amide bonds. The second kappa shape index (κ2) is 7.74. The summed E-state index contributed by atoms with van der Waals surface area (Å²) in [6.45, 7) is 8.94. The van der Waals surface area contributed by atoms with E-state index in [1.807, 2.05) is 11.9 Å². The Hall–Kier alpha value is -0.610. The zero-order chi connectivity index (χ0) is 13.5. The van der Waals surface area contributed by atoms with E-state index in [-0.39, 0.29) is 11.8 Å². The standard InChI is InChI=1S/C14H28N2O2/c1-12(2)10-16-7-5-6-13(11-16)14(17)15(3)8-9-18-4/h12-13H,5-11H2,1-4H3. The van der Waals surface area contributed by atoms with Gasteiger partial charge in [0.25, 0.3) is 0 Å². The lowest BCUT2D eigenvalue weighted by Crippen LogP contribution is -2.45. The molecule has 4 heteroatoms. The summed E-state index contributed by atoms with van der Waals surface area (Å²) in [6, 6.07) is 0. The van der Waals surface area contributed by atoms with Gasteiger partial charge in [0.15, 0.2) is 0 Å². The number of ether oxygens (including phenoxy) is 1. The van der Waals surface area contributed by atoms with Gasteiger partial charge in [-0.05, 0) is 25.3 Å². The molecule has 0 aromatic rings. The first-order valence-electron chi connectivity index (χ1n) is 7.00. The predicted molar refractivity (Wildman–Crippen MR) is 73.5 cm³/mol. The maximum Gasteiger partial charge on any atom is 0.226 e. The van der Waals surface area contributed by atoms with Crippen molar-refractivity contribution in [1.82, 2.24) is 9.80 Å². The Kier molecular flexibility index (Phi) is 6.65. The molecule has 0 radical (unpaired) electrons. The number of methoxy groups -OCH3 is 1. The maximum atomic E-state index is 12.3. The second-order valence-corrected chi connectivity index (χ2v) is 5.75. The highest BCUT2D eigenvalue weighted by Crippen LogP contribution is 2.19. The third-order valence-corrected chi connectivity index (χ3v) is 3.49. The molecule has 1 aliphatic heterocycles. The zero-order valence-corrected chi connectivity index (χ0v) is 12.3. The van der Waals surface area contributed by atoms with Gasteiger partial charge in [-0.25, -0.2) is 0 Å². The normalized spacial score (nSPS) is 21.3. The predicted octanol–water partition coefficient (Wildman–Crippen LogP) is 1.46. The van der Waals surface area contributed by atoms with E-state index in [4.69, 9.17) is 4.74 Å². The van der Waals surface area contributed by atoms with Crippen molar-refractivity contribution in [3.05, 3.63) is 0 Å². The smallest absolute Gasteiger partial charge is 0.226 e. The minimum Gasteiger partial charge on any atom is -0.383 e. The molecule has 0 saturated carbocycles. The fraction of sp³-hybridized carbons (Fsp3) is 0.929. The summed E-state index contributed by atoms with van der Waals surface area (Å²) < 4.78 is 5.02. The maximum absolute atomic E-state index is 12.3. The van der Waals surface area contributed by atoms with E-state index in [0.29, 0.717) is 19.1 Å². The molecule has 1 rings (SSSR count). The van der Waals surface area contributed by atoms with Crippen LogP contribution < -0.4 is 0 Å². The van der Waals surface area contributed by atoms with Crippen molar-refractivity contribution < 1.29 is 9.53 Å². The third kappa shape index (κ3) is 4.94. The molecule has 1 fully saturated rings. The molecule has 1 heterocycles. The van der Waals surface area contributed by atoms with Crippen LogP contribution in [0.2, 0.25) is 0 Å². The van der Waals surface area contributed by atoms with Crippen LogP contribution in [0.1, 0.15) is 26.7 Å². The molecular weight excluding hydrogens is 228 g/mol. The van der Waals surface area contributed by atoms with Crippen LogP contribution in [-0.4, -0.2) is 62.7 Å². The molecule has 0 N–H and O–H groups in total. The highest BCUT2D eigenvalue weighted by molar-refractivity contribution is 5.78. The first-order valence-corrected chi connectivity index (χ1v) is 7.00. The van der Waals surface area contributed by atoms with Crippen LogP contribution in [0.5, 0.6) is 0 Å². The van der Waals surface area contributed by atoms with Gasteiger partial charge in [0.05, 0.1) is 12.5 Å². The quantitative estimate of drug-likeness (QED) is 0.721. The number of likely N-dealkylation sites (tertiary alicyclic amines) is 1. The zero-order valence-electron chi connectivity index (χ0n) is 12.3. The van der Waals surface area contributed by atoms with Crippen molar-refractivity contribution in [2.24, 2.45) is 11.8 Å². The van der Waals surface area contributed by atoms with Crippen molar-refractivity contribution >= 4 is 5.91 Å². The number of rotatable bonds is 6. The summed E-state index contributed by atoms with van der Waals surface area (Å²) >= 11 is 0. The van der Waals surface area contributed by atoms with Gasteiger partial charge in [-0.3, -0.25) is 4.79 Å². The third-order valence-electron chi connectivity index (χ3n) is 3.49. The van der Waals surface area contributed by atoms with E-state index in [1.165, 1.54) is 0 Å². The Bertz CT molecular complexity index is 256. The molecule has 0 spiro atoms. The monoisotopic (exact) mass is 256 g/mol. The summed E-state index contributed by atoms with van der Waals surface area (Å²) in [4.78, 5) is 16.5.